The summed E-state index contributed by atoms with van der Waals surface area (Å²) in [5.74, 6) is -0.472. The molecule has 3 rings (SSSR count). The Bertz CT molecular complexity index is 891. The molecule has 3 amide bonds. The number of hydrogen-bond acceptors (Lipinski definition) is 4. The number of amides is 3. The normalized spacial score (nSPS) is 12.8. The van der Waals surface area contributed by atoms with E-state index in [9.17, 15) is 14.4 Å². The van der Waals surface area contributed by atoms with Crippen LogP contribution in [0.3, 0.4) is 0 Å². The number of carbonyl (C=O) groups is 3. The van der Waals surface area contributed by atoms with E-state index in [4.69, 9.17) is 4.74 Å². The lowest BCUT2D eigenvalue weighted by Crippen LogP contribution is -2.44. The molecule has 152 valence electrons. The van der Waals surface area contributed by atoms with E-state index >= 15 is 0 Å². The van der Waals surface area contributed by atoms with Crippen LogP contribution >= 0.6 is 0 Å². The predicted molar refractivity (Wildman–Crippen MR) is 110 cm³/mol. The van der Waals surface area contributed by atoms with Crippen molar-refractivity contribution < 1.29 is 19.1 Å². The fourth-order valence-electron chi connectivity index (χ4n) is 2.96. The van der Waals surface area contributed by atoms with Crippen LogP contribution < -0.4 is 15.4 Å². The third kappa shape index (κ3) is 5.57. The number of hydrogen-bond donors (Lipinski definition) is 2. The van der Waals surface area contributed by atoms with Crippen molar-refractivity contribution in [3.05, 3.63) is 59.7 Å². The second-order valence-electron chi connectivity index (χ2n) is 7.06. The highest BCUT2D eigenvalue weighted by atomic mass is 16.5. The number of methoxy groups -OCH3 is 1. The van der Waals surface area contributed by atoms with E-state index in [2.05, 4.69) is 10.6 Å². The summed E-state index contributed by atoms with van der Waals surface area (Å²) in [6.45, 7) is 1.71. The first kappa shape index (κ1) is 20.4. The lowest BCUT2D eigenvalue weighted by molar-refractivity contribution is -0.124. The molecule has 1 fully saturated rings. The number of aryl methyl sites for hydroxylation is 1. The first-order valence-electron chi connectivity index (χ1n) is 9.55. The van der Waals surface area contributed by atoms with Gasteiger partial charge in [-0.05, 0) is 44.0 Å². The van der Waals surface area contributed by atoms with Crippen molar-refractivity contribution in [3.8, 4) is 5.75 Å². The molecule has 29 heavy (non-hydrogen) atoms. The molecule has 7 nitrogen and oxygen atoms in total. The molecular weight excluding hydrogens is 370 g/mol. The molecule has 2 aromatic rings. The molecule has 0 aromatic heterocycles. The van der Waals surface area contributed by atoms with Gasteiger partial charge in [-0.1, -0.05) is 29.8 Å². The maximum Gasteiger partial charge on any atom is 0.258 e. The van der Waals surface area contributed by atoms with Crippen LogP contribution in [-0.4, -0.2) is 48.9 Å². The third-order valence-corrected chi connectivity index (χ3v) is 4.68. The fraction of sp³-hybridized carbons (Fsp3) is 0.318. The zero-order valence-corrected chi connectivity index (χ0v) is 16.6. The van der Waals surface area contributed by atoms with Crippen molar-refractivity contribution in [3.63, 3.8) is 0 Å². The van der Waals surface area contributed by atoms with Crippen LogP contribution in [0.5, 0.6) is 5.75 Å². The van der Waals surface area contributed by atoms with Gasteiger partial charge in [0.05, 0.1) is 19.2 Å². The first-order chi connectivity index (χ1) is 14.0. The monoisotopic (exact) mass is 395 g/mol. The summed E-state index contributed by atoms with van der Waals surface area (Å²) < 4.78 is 5.26. The lowest BCUT2D eigenvalue weighted by atomic mass is 10.1. The van der Waals surface area contributed by atoms with Crippen molar-refractivity contribution in [2.75, 3.05) is 25.5 Å². The van der Waals surface area contributed by atoms with Crippen LogP contribution in [0, 0.1) is 6.92 Å². The van der Waals surface area contributed by atoms with Crippen LogP contribution in [0.25, 0.3) is 0 Å². The standard InChI is InChI=1S/C22H25N3O4/c1-15-7-9-16(10-8-15)24-20(26)13-23-21(27)14-25(17-11-12-17)22(28)18-5-3-4-6-19(18)29-2/h3-10,17H,11-14H2,1-2H3,(H,23,27)(H,24,26). The molecule has 1 aliphatic carbocycles. The summed E-state index contributed by atoms with van der Waals surface area (Å²) in [5.41, 5.74) is 2.18. The van der Waals surface area contributed by atoms with Crippen LogP contribution in [0.4, 0.5) is 5.69 Å². The van der Waals surface area contributed by atoms with E-state index in [0.717, 1.165) is 18.4 Å². The van der Waals surface area contributed by atoms with Gasteiger partial charge in [-0.3, -0.25) is 14.4 Å². The van der Waals surface area contributed by atoms with Gasteiger partial charge >= 0.3 is 0 Å². The molecule has 1 saturated carbocycles. The summed E-state index contributed by atoms with van der Waals surface area (Å²) in [6.07, 6.45) is 1.73. The molecule has 0 saturated heterocycles. The molecule has 0 heterocycles. The van der Waals surface area contributed by atoms with Gasteiger partial charge in [0.15, 0.2) is 0 Å². The minimum absolute atomic E-state index is 0.0412. The number of nitrogens with one attached hydrogen (secondary N) is 2. The molecule has 2 N–H and O–H groups in total. The minimum Gasteiger partial charge on any atom is -0.496 e. The highest BCUT2D eigenvalue weighted by molar-refractivity contribution is 6.00. The molecule has 2 aromatic carbocycles. The summed E-state index contributed by atoms with van der Waals surface area (Å²) in [4.78, 5) is 38.9. The van der Waals surface area contributed by atoms with Crippen LogP contribution in [0.2, 0.25) is 0 Å². The number of carbonyl (C=O) groups excluding carboxylic acids is 3. The summed E-state index contributed by atoms with van der Waals surface area (Å²) in [5, 5.41) is 5.31. The zero-order chi connectivity index (χ0) is 20.8. The van der Waals surface area contributed by atoms with E-state index < -0.39 is 0 Å². The Balaban J connectivity index is 1.55. The first-order valence-corrected chi connectivity index (χ1v) is 9.55. The van der Waals surface area contributed by atoms with Crippen molar-refractivity contribution >= 4 is 23.4 Å². The Labute approximate surface area is 170 Å². The maximum atomic E-state index is 12.9. The number of nitrogens with zero attached hydrogens (tertiary/aromatic N) is 1. The molecule has 0 radical (unpaired) electrons. The van der Waals surface area contributed by atoms with Crippen LogP contribution in [0.15, 0.2) is 48.5 Å². The fourth-order valence-corrected chi connectivity index (χ4v) is 2.96. The number of benzene rings is 2. The average molecular weight is 395 g/mol. The van der Waals surface area contributed by atoms with E-state index in [1.165, 1.54) is 7.11 Å². The molecule has 0 bridgehead atoms. The molecule has 0 aliphatic heterocycles. The van der Waals surface area contributed by atoms with Gasteiger partial charge in [-0.25, -0.2) is 0 Å². The van der Waals surface area contributed by atoms with E-state index in [-0.39, 0.29) is 36.9 Å². The largest absolute Gasteiger partial charge is 0.496 e. The zero-order valence-electron chi connectivity index (χ0n) is 16.6. The van der Waals surface area contributed by atoms with Gasteiger partial charge in [0.1, 0.15) is 12.3 Å². The van der Waals surface area contributed by atoms with Crippen molar-refractivity contribution in [2.45, 2.75) is 25.8 Å². The van der Waals surface area contributed by atoms with Crippen LogP contribution in [0.1, 0.15) is 28.8 Å². The second kappa shape index (κ2) is 9.23. The quantitative estimate of drug-likeness (QED) is 0.718. The van der Waals surface area contributed by atoms with Gasteiger partial charge < -0.3 is 20.3 Å². The Kier molecular flexibility index (Phi) is 6.49. The smallest absolute Gasteiger partial charge is 0.258 e. The van der Waals surface area contributed by atoms with E-state index in [1.54, 1.807) is 41.3 Å². The van der Waals surface area contributed by atoms with E-state index in [1.807, 2.05) is 19.1 Å². The number of para-hydroxylation sites is 1. The van der Waals surface area contributed by atoms with E-state index in [0.29, 0.717) is 17.0 Å². The number of rotatable bonds is 8. The van der Waals surface area contributed by atoms with Crippen LogP contribution in [-0.2, 0) is 9.59 Å². The SMILES string of the molecule is COc1ccccc1C(=O)N(CC(=O)NCC(=O)Nc1ccc(C)cc1)C1CC1. The highest BCUT2D eigenvalue weighted by Gasteiger charge is 2.35. The summed E-state index contributed by atoms with van der Waals surface area (Å²) >= 11 is 0. The Morgan fingerprint density at radius 3 is 2.38 bits per heavy atom. The van der Waals surface area contributed by atoms with Gasteiger partial charge in [0, 0.05) is 11.7 Å². The topological polar surface area (TPSA) is 87.7 Å². The molecule has 0 atom stereocenters. The third-order valence-electron chi connectivity index (χ3n) is 4.68. The number of anilines is 1. The summed E-state index contributed by atoms with van der Waals surface area (Å²) in [6, 6.07) is 14.4. The van der Waals surface area contributed by atoms with Gasteiger partial charge in [0.2, 0.25) is 11.8 Å². The van der Waals surface area contributed by atoms with Crippen molar-refractivity contribution in [2.24, 2.45) is 0 Å². The second-order valence-corrected chi connectivity index (χ2v) is 7.06. The van der Waals surface area contributed by atoms with Gasteiger partial charge in [-0.2, -0.15) is 0 Å². The predicted octanol–water partition coefficient (Wildman–Crippen LogP) is 2.36. The average Bonchev–Trinajstić information content (AvgIpc) is 3.57. The van der Waals surface area contributed by atoms with Crippen molar-refractivity contribution in [1.29, 1.82) is 0 Å². The van der Waals surface area contributed by atoms with Gasteiger partial charge in [0.25, 0.3) is 5.91 Å². The maximum absolute atomic E-state index is 12.9. The molecular formula is C22H25N3O4. The molecule has 1 aliphatic rings. The Morgan fingerprint density at radius 1 is 1.03 bits per heavy atom. The lowest BCUT2D eigenvalue weighted by Gasteiger charge is -2.22. The summed E-state index contributed by atoms with van der Waals surface area (Å²) in [7, 11) is 1.51. The Hall–Kier alpha value is -3.35. The number of ether oxygens (including phenoxy) is 1. The molecule has 0 spiro atoms. The highest BCUT2D eigenvalue weighted by Crippen LogP contribution is 2.30. The van der Waals surface area contributed by atoms with Crippen molar-refractivity contribution in [1.82, 2.24) is 10.2 Å². The minimum atomic E-state index is -0.376. The molecule has 0 unspecified atom stereocenters. The molecule has 7 heteroatoms. The Morgan fingerprint density at radius 2 is 1.72 bits per heavy atom. The van der Waals surface area contributed by atoms with Gasteiger partial charge in [-0.15, -0.1) is 0 Å².